The van der Waals surface area contributed by atoms with E-state index in [0.717, 1.165) is 0 Å². The fourth-order valence-corrected chi connectivity index (χ4v) is 7.58. The lowest BCUT2D eigenvalue weighted by Gasteiger charge is -2.47. The van der Waals surface area contributed by atoms with Crippen LogP contribution in [0.4, 0.5) is 0 Å². The summed E-state index contributed by atoms with van der Waals surface area (Å²) in [7, 11) is 6.71. The molecule has 294 valence electrons. The van der Waals surface area contributed by atoms with Gasteiger partial charge in [-0.3, -0.25) is 14.4 Å². The number of hydrogen-bond donors (Lipinski definition) is 4. The maximum atomic E-state index is 14.1. The van der Waals surface area contributed by atoms with Gasteiger partial charge in [0.25, 0.3) is 5.91 Å². The molecular weight excluding hydrogens is 674 g/mol. The zero-order chi connectivity index (χ0) is 39.3. The number of amides is 1. The molecule has 0 spiro atoms. The van der Waals surface area contributed by atoms with E-state index in [2.05, 4.69) is 10.5 Å². The number of aliphatic hydroxyl groups is 3. The van der Waals surface area contributed by atoms with E-state index in [1.165, 1.54) is 28.1 Å². The maximum Gasteiger partial charge on any atom is 0.316 e. The van der Waals surface area contributed by atoms with E-state index in [1.807, 2.05) is 32.8 Å². The minimum absolute atomic E-state index is 0.130. The number of nitrogens with zero attached hydrogens (tertiary/aromatic N) is 2. The summed E-state index contributed by atoms with van der Waals surface area (Å²) in [6, 6.07) is 6.16. The van der Waals surface area contributed by atoms with Crippen molar-refractivity contribution >= 4 is 23.4 Å². The topological polar surface area (TPSA) is 186 Å². The highest BCUT2D eigenvalue weighted by Gasteiger charge is 2.51. The second-order valence-electron chi connectivity index (χ2n) is 15.2. The molecule has 0 aliphatic carbocycles. The number of likely N-dealkylation sites (N-methyl/N-ethyl adjacent to an activating group) is 1. The molecule has 4 N–H and O–H groups in total. The van der Waals surface area contributed by atoms with E-state index in [9.17, 15) is 29.7 Å². The van der Waals surface area contributed by atoms with Crippen LogP contribution in [0.25, 0.3) is 0 Å². The van der Waals surface area contributed by atoms with Crippen LogP contribution in [0.3, 0.4) is 0 Å². The molecule has 2 aliphatic heterocycles. The second-order valence-corrected chi connectivity index (χ2v) is 15.2. The highest BCUT2D eigenvalue weighted by Crippen LogP contribution is 2.38. The lowest BCUT2D eigenvalue weighted by Crippen LogP contribution is -2.60. The number of methoxy groups -OCH3 is 2. The Morgan fingerprint density at radius 2 is 1.65 bits per heavy atom. The van der Waals surface area contributed by atoms with Gasteiger partial charge in [0.1, 0.15) is 29.5 Å². The summed E-state index contributed by atoms with van der Waals surface area (Å²) >= 11 is 0. The summed E-state index contributed by atoms with van der Waals surface area (Å²) in [4.78, 5) is 42.8. The molecule has 2 heterocycles. The number of Topliss-reactive ketones (excluding diaryl/α,β-unsaturated/α-hetero) is 1. The number of hydrogen-bond acceptors (Lipinski definition) is 13. The number of carbonyl (C=O) groups excluding carboxylic acids is 3. The minimum Gasteiger partial charge on any atom is -0.497 e. The summed E-state index contributed by atoms with van der Waals surface area (Å²) < 4.78 is 29.8. The van der Waals surface area contributed by atoms with E-state index in [-0.39, 0.29) is 25.0 Å². The van der Waals surface area contributed by atoms with Crippen LogP contribution in [-0.2, 0) is 28.5 Å². The molecule has 2 aliphatic rings. The summed E-state index contributed by atoms with van der Waals surface area (Å²) in [5, 5.41) is 39.4. The quantitative estimate of drug-likeness (QED) is 0.174. The van der Waals surface area contributed by atoms with Crippen LogP contribution in [0.15, 0.2) is 29.4 Å². The van der Waals surface area contributed by atoms with Gasteiger partial charge in [0.2, 0.25) is 0 Å². The molecule has 52 heavy (non-hydrogen) atoms. The monoisotopic (exact) mass is 735 g/mol. The smallest absolute Gasteiger partial charge is 0.316 e. The van der Waals surface area contributed by atoms with Gasteiger partial charge in [-0.15, -0.1) is 0 Å². The Morgan fingerprint density at radius 1 is 1.04 bits per heavy atom. The fourth-order valence-electron chi connectivity index (χ4n) is 7.58. The molecule has 2 fully saturated rings. The van der Waals surface area contributed by atoms with Gasteiger partial charge < -0.3 is 43.9 Å². The Labute approximate surface area is 308 Å². The molecule has 2 saturated heterocycles. The third-order valence-electron chi connectivity index (χ3n) is 11.0. The van der Waals surface area contributed by atoms with Gasteiger partial charge in [-0.25, -0.2) is 5.43 Å². The zero-order valence-electron chi connectivity index (χ0n) is 32.8. The van der Waals surface area contributed by atoms with Crippen LogP contribution in [0.2, 0.25) is 0 Å². The molecule has 0 bridgehead atoms. The Kier molecular flexibility index (Phi) is 14.9. The van der Waals surface area contributed by atoms with Crippen molar-refractivity contribution in [2.45, 2.75) is 129 Å². The highest BCUT2D eigenvalue weighted by atomic mass is 16.7. The first kappa shape index (κ1) is 43.4. The average Bonchev–Trinajstić information content (AvgIpc) is 3.11. The first-order valence-corrected chi connectivity index (χ1v) is 18.1. The molecule has 0 saturated carbocycles. The van der Waals surface area contributed by atoms with Crippen molar-refractivity contribution in [2.75, 3.05) is 28.3 Å². The van der Waals surface area contributed by atoms with Gasteiger partial charge >= 0.3 is 5.97 Å². The standard InChI is InChI=1S/C38H61N3O11/c1-13-28-38(8,47)32(44)22(4)29(39-40-34(45)25-14-16-26(48-11)17-15-25)20(2)19-37(7,49-12)33(23(5)30(42)24(6)35(46)51-28)52-36-31(43)27(41(9)10)18-21(3)50-36/h14-17,20-24,27-28,31-33,36,43-44,47H,13,18-19H2,1-12H3,(H,40,45). The molecule has 1 aromatic carbocycles. The number of ketones is 1. The third kappa shape index (κ3) is 9.57. The van der Waals surface area contributed by atoms with Crippen LogP contribution in [-0.4, -0.2) is 126 Å². The van der Waals surface area contributed by atoms with Crippen molar-refractivity contribution in [3.63, 3.8) is 0 Å². The lowest BCUT2D eigenvalue weighted by molar-refractivity contribution is -0.295. The van der Waals surface area contributed by atoms with Crippen molar-refractivity contribution in [2.24, 2.45) is 28.8 Å². The van der Waals surface area contributed by atoms with Gasteiger partial charge in [0, 0.05) is 36.3 Å². The van der Waals surface area contributed by atoms with Crippen molar-refractivity contribution in [3.8, 4) is 5.75 Å². The minimum atomic E-state index is -1.98. The van der Waals surface area contributed by atoms with Gasteiger partial charge in [0.15, 0.2) is 12.1 Å². The molecular formula is C38H61N3O11. The van der Waals surface area contributed by atoms with E-state index >= 15 is 0 Å². The second kappa shape index (κ2) is 17.9. The fraction of sp³-hybridized carbons (Fsp3) is 0.737. The molecule has 14 heteroatoms. The van der Waals surface area contributed by atoms with Crippen molar-refractivity contribution in [1.82, 2.24) is 10.3 Å². The van der Waals surface area contributed by atoms with E-state index < -0.39 is 83.2 Å². The van der Waals surface area contributed by atoms with E-state index in [1.54, 1.807) is 52.0 Å². The summed E-state index contributed by atoms with van der Waals surface area (Å²) in [6.45, 7) is 13.3. The third-order valence-corrected chi connectivity index (χ3v) is 11.0. The number of aliphatic hydroxyl groups excluding tert-OH is 2. The number of ether oxygens (including phenoxy) is 5. The van der Waals surface area contributed by atoms with Crippen molar-refractivity contribution < 1.29 is 53.4 Å². The van der Waals surface area contributed by atoms with Gasteiger partial charge in [-0.1, -0.05) is 27.7 Å². The van der Waals surface area contributed by atoms with Crippen molar-refractivity contribution in [3.05, 3.63) is 29.8 Å². The van der Waals surface area contributed by atoms with E-state index in [4.69, 9.17) is 23.7 Å². The largest absolute Gasteiger partial charge is 0.497 e. The molecule has 1 amide bonds. The first-order chi connectivity index (χ1) is 24.2. The Hall–Kier alpha value is -2.98. The number of nitrogens with one attached hydrogen (secondary N) is 1. The highest BCUT2D eigenvalue weighted by molar-refractivity contribution is 6.00. The number of esters is 1. The number of rotatable bonds is 8. The zero-order valence-corrected chi connectivity index (χ0v) is 32.8. The Morgan fingerprint density at radius 3 is 2.19 bits per heavy atom. The summed E-state index contributed by atoms with van der Waals surface area (Å²) in [5.74, 6) is -5.03. The number of carbonyl (C=O) groups is 3. The van der Waals surface area contributed by atoms with Gasteiger partial charge in [0.05, 0.1) is 31.0 Å². The summed E-state index contributed by atoms with van der Waals surface area (Å²) in [5.41, 5.74) is -0.0601. The van der Waals surface area contributed by atoms with Gasteiger partial charge in [-0.2, -0.15) is 5.10 Å². The van der Waals surface area contributed by atoms with Crippen LogP contribution in [0.5, 0.6) is 5.75 Å². The van der Waals surface area contributed by atoms with E-state index in [0.29, 0.717) is 23.4 Å². The Balaban J connectivity index is 2.17. The van der Waals surface area contributed by atoms with Crippen LogP contribution in [0.1, 0.15) is 85.0 Å². The predicted octanol–water partition coefficient (Wildman–Crippen LogP) is 2.95. The molecule has 13 atom stereocenters. The molecule has 1 aromatic rings. The average molecular weight is 736 g/mol. The normalized spacial score (nSPS) is 39.2. The van der Waals surface area contributed by atoms with Crippen molar-refractivity contribution in [1.29, 1.82) is 0 Å². The summed E-state index contributed by atoms with van der Waals surface area (Å²) in [6.07, 6.45) is -5.47. The maximum absolute atomic E-state index is 14.1. The first-order valence-electron chi connectivity index (χ1n) is 18.1. The predicted molar refractivity (Wildman–Crippen MR) is 194 cm³/mol. The molecule has 3 rings (SSSR count). The SMILES string of the molecule is CCC1OC(=O)C(C)C(=O)C(C)C(OC2OC(C)CC(N(C)C)C2O)C(C)(OC)CC(C)C(=NNC(=O)c2ccc(OC)cc2)C(C)C(O)C1(C)O. The molecule has 14 nitrogen and oxygen atoms in total. The van der Waals surface area contributed by atoms with Crippen LogP contribution < -0.4 is 10.2 Å². The van der Waals surface area contributed by atoms with Crippen LogP contribution >= 0.6 is 0 Å². The molecule has 0 aromatic heterocycles. The van der Waals surface area contributed by atoms with Gasteiger partial charge in [-0.05, 0) is 91.2 Å². The lowest BCUT2D eigenvalue weighted by atomic mass is 9.74. The number of cyclic esters (lactones) is 1. The number of benzene rings is 1. The molecule has 13 unspecified atom stereocenters. The van der Waals surface area contributed by atoms with Crippen LogP contribution in [0, 0.1) is 23.7 Å². The molecule has 0 radical (unpaired) electrons. The Bertz CT molecular complexity index is 1400. The number of hydrazone groups is 1.